The molecule has 0 saturated heterocycles. The van der Waals surface area contributed by atoms with Crippen molar-refractivity contribution in [2.75, 3.05) is 0 Å². The zero-order valence-corrected chi connectivity index (χ0v) is 15.5. The van der Waals surface area contributed by atoms with E-state index in [1.807, 2.05) is 6.08 Å². The smallest absolute Gasteiger partial charge is 0.303 e. The molecule has 5 heteroatoms. The third-order valence-electron chi connectivity index (χ3n) is 5.25. The fourth-order valence-electron chi connectivity index (χ4n) is 3.74. The van der Waals surface area contributed by atoms with Crippen LogP contribution in [0.4, 0.5) is 0 Å². The molecule has 0 unspecified atom stereocenters. The van der Waals surface area contributed by atoms with Crippen LogP contribution in [0.2, 0.25) is 0 Å². The van der Waals surface area contributed by atoms with E-state index in [0.29, 0.717) is 12.8 Å². The van der Waals surface area contributed by atoms with Crippen LogP contribution < -0.4 is 0 Å². The molecule has 5 atom stereocenters. The Kier molecular flexibility index (Phi) is 11.0. The van der Waals surface area contributed by atoms with Gasteiger partial charge < -0.3 is 20.4 Å². The summed E-state index contributed by atoms with van der Waals surface area (Å²) in [4.78, 5) is 10.5. The Hall–Kier alpha value is -0.910. The minimum atomic E-state index is -0.753. The largest absolute Gasteiger partial charge is 0.481 e. The van der Waals surface area contributed by atoms with Crippen molar-refractivity contribution >= 4 is 5.97 Å². The van der Waals surface area contributed by atoms with Crippen molar-refractivity contribution < 1.29 is 25.2 Å². The highest BCUT2D eigenvalue weighted by Crippen LogP contribution is 2.37. The highest BCUT2D eigenvalue weighted by atomic mass is 16.4. The van der Waals surface area contributed by atoms with E-state index < -0.39 is 24.3 Å². The van der Waals surface area contributed by atoms with Crippen LogP contribution in [0.25, 0.3) is 0 Å². The van der Waals surface area contributed by atoms with Crippen molar-refractivity contribution in [2.24, 2.45) is 11.8 Å². The number of aliphatic hydroxyl groups is 3. The second-order valence-corrected chi connectivity index (χ2v) is 7.41. The van der Waals surface area contributed by atoms with Gasteiger partial charge in [0.05, 0.1) is 18.3 Å². The molecule has 146 valence electrons. The normalized spacial score (nSPS) is 27.8. The monoisotopic (exact) mass is 356 g/mol. The molecular formula is C20H36O5. The second kappa shape index (κ2) is 12.4. The minimum Gasteiger partial charge on any atom is -0.481 e. The quantitative estimate of drug-likeness (QED) is 0.300. The predicted octanol–water partition coefficient (Wildman–Crippen LogP) is 3.27. The fraction of sp³-hybridized carbons (Fsp3) is 0.850. The molecule has 1 saturated carbocycles. The molecule has 1 rings (SSSR count). The summed E-state index contributed by atoms with van der Waals surface area (Å²) >= 11 is 0. The zero-order valence-electron chi connectivity index (χ0n) is 15.5. The lowest BCUT2D eigenvalue weighted by Crippen LogP contribution is -2.21. The molecule has 0 amide bonds. The van der Waals surface area contributed by atoms with Gasteiger partial charge in [-0.05, 0) is 25.2 Å². The number of carbonyl (C=O) groups is 1. The third-order valence-corrected chi connectivity index (χ3v) is 5.25. The van der Waals surface area contributed by atoms with E-state index in [-0.39, 0.29) is 18.3 Å². The topological polar surface area (TPSA) is 98.0 Å². The van der Waals surface area contributed by atoms with Gasteiger partial charge in [0.2, 0.25) is 0 Å². The van der Waals surface area contributed by atoms with E-state index in [4.69, 9.17) is 5.11 Å². The number of hydrogen-bond acceptors (Lipinski definition) is 4. The van der Waals surface area contributed by atoms with Crippen LogP contribution in [0.3, 0.4) is 0 Å². The first-order valence-corrected chi connectivity index (χ1v) is 9.90. The average molecular weight is 357 g/mol. The first kappa shape index (κ1) is 22.1. The van der Waals surface area contributed by atoms with E-state index in [2.05, 4.69) is 6.92 Å². The summed E-state index contributed by atoms with van der Waals surface area (Å²) in [5.41, 5.74) is 0. The molecule has 25 heavy (non-hydrogen) atoms. The Labute approximate surface area is 151 Å². The molecule has 0 aliphatic heterocycles. The Morgan fingerprint density at radius 3 is 2.48 bits per heavy atom. The Morgan fingerprint density at radius 2 is 1.80 bits per heavy atom. The van der Waals surface area contributed by atoms with Crippen LogP contribution in [0.5, 0.6) is 0 Å². The maximum atomic E-state index is 10.5. The van der Waals surface area contributed by atoms with Gasteiger partial charge in [-0.15, -0.1) is 0 Å². The maximum absolute atomic E-state index is 10.5. The van der Waals surface area contributed by atoms with Gasteiger partial charge in [0.1, 0.15) is 0 Å². The Bertz CT molecular complexity index is 396. The first-order chi connectivity index (χ1) is 12.0. The third kappa shape index (κ3) is 8.84. The molecular weight excluding hydrogens is 320 g/mol. The summed E-state index contributed by atoms with van der Waals surface area (Å²) < 4.78 is 0. The van der Waals surface area contributed by atoms with Crippen LogP contribution in [0.1, 0.15) is 77.6 Å². The second-order valence-electron chi connectivity index (χ2n) is 7.41. The first-order valence-electron chi connectivity index (χ1n) is 9.90. The van der Waals surface area contributed by atoms with Gasteiger partial charge in [0, 0.05) is 18.8 Å². The molecule has 1 aliphatic rings. The lowest BCUT2D eigenvalue weighted by molar-refractivity contribution is -0.137. The maximum Gasteiger partial charge on any atom is 0.303 e. The SMILES string of the molecule is CCCCC[C@@H](O)C=C[C@@H]1[C@H](CCCCCCC(=O)O)[C@H](O)C[C@H]1O. The van der Waals surface area contributed by atoms with Crippen LogP contribution in [0, 0.1) is 11.8 Å². The van der Waals surface area contributed by atoms with Crippen LogP contribution in [-0.2, 0) is 4.79 Å². The molecule has 1 aliphatic carbocycles. The van der Waals surface area contributed by atoms with Gasteiger partial charge in [-0.1, -0.05) is 57.6 Å². The standard InChI is InChI=1S/C20H36O5/c1-2-3-6-9-15(21)12-13-17-16(18(22)14-19(17)23)10-7-4-5-8-11-20(24)25/h12-13,15-19,21-23H,2-11,14H2,1H3,(H,24,25)/t15-,16+,17-,18-,19-/m1/s1. The fourth-order valence-corrected chi connectivity index (χ4v) is 3.74. The van der Waals surface area contributed by atoms with Crippen molar-refractivity contribution in [3.05, 3.63) is 12.2 Å². The molecule has 0 heterocycles. The molecule has 0 radical (unpaired) electrons. The van der Waals surface area contributed by atoms with E-state index in [0.717, 1.165) is 51.4 Å². The minimum absolute atomic E-state index is 0.0218. The molecule has 0 spiro atoms. The van der Waals surface area contributed by atoms with Crippen LogP contribution in [-0.4, -0.2) is 44.7 Å². The summed E-state index contributed by atoms with van der Waals surface area (Å²) in [6.07, 6.45) is 11.0. The number of aliphatic hydroxyl groups excluding tert-OH is 3. The summed E-state index contributed by atoms with van der Waals surface area (Å²) in [6.45, 7) is 2.13. The van der Waals surface area contributed by atoms with E-state index in [9.17, 15) is 20.1 Å². The lowest BCUT2D eigenvalue weighted by atomic mass is 9.88. The molecule has 4 N–H and O–H groups in total. The zero-order chi connectivity index (χ0) is 18.7. The van der Waals surface area contributed by atoms with Gasteiger partial charge in [0.25, 0.3) is 0 Å². The van der Waals surface area contributed by atoms with Crippen molar-refractivity contribution in [1.82, 2.24) is 0 Å². The average Bonchev–Trinajstić information content (AvgIpc) is 2.82. The van der Waals surface area contributed by atoms with E-state index >= 15 is 0 Å². The summed E-state index contributed by atoms with van der Waals surface area (Å²) in [7, 11) is 0. The van der Waals surface area contributed by atoms with Gasteiger partial charge >= 0.3 is 5.97 Å². The van der Waals surface area contributed by atoms with Gasteiger partial charge in [-0.2, -0.15) is 0 Å². The Balaban J connectivity index is 2.38. The van der Waals surface area contributed by atoms with Crippen molar-refractivity contribution in [3.8, 4) is 0 Å². The van der Waals surface area contributed by atoms with E-state index in [1.54, 1.807) is 6.08 Å². The van der Waals surface area contributed by atoms with Crippen molar-refractivity contribution in [3.63, 3.8) is 0 Å². The van der Waals surface area contributed by atoms with Crippen LogP contribution >= 0.6 is 0 Å². The summed E-state index contributed by atoms with van der Waals surface area (Å²) in [5.74, 6) is -0.833. The van der Waals surface area contributed by atoms with Crippen LogP contribution in [0.15, 0.2) is 12.2 Å². The van der Waals surface area contributed by atoms with Gasteiger partial charge in [-0.3, -0.25) is 4.79 Å². The number of carboxylic acids is 1. The van der Waals surface area contributed by atoms with Crippen molar-refractivity contribution in [2.45, 2.75) is 95.9 Å². The van der Waals surface area contributed by atoms with Gasteiger partial charge in [-0.25, -0.2) is 0 Å². The number of unbranched alkanes of at least 4 members (excludes halogenated alkanes) is 5. The number of aliphatic carboxylic acids is 1. The van der Waals surface area contributed by atoms with E-state index in [1.165, 1.54) is 0 Å². The summed E-state index contributed by atoms with van der Waals surface area (Å²) in [5, 5.41) is 39.0. The van der Waals surface area contributed by atoms with Gasteiger partial charge in [0.15, 0.2) is 0 Å². The molecule has 5 nitrogen and oxygen atoms in total. The molecule has 1 fully saturated rings. The number of rotatable bonds is 13. The Morgan fingerprint density at radius 1 is 1.08 bits per heavy atom. The molecule has 0 aromatic heterocycles. The summed E-state index contributed by atoms with van der Waals surface area (Å²) in [6, 6.07) is 0. The molecule has 0 bridgehead atoms. The molecule has 0 aromatic rings. The highest BCUT2D eigenvalue weighted by molar-refractivity contribution is 5.66. The number of hydrogen-bond donors (Lipinski definition) is 4. The van der Waals surface area contributed by atoms with Crippen molar-refractivity contribution in [1.29, 1.82) is 0 Å². The molecule has 0 aromatic carbocycles. The lowest BCUT2D eigenvalue weighted by Gasteiger charge is -2.21. The number of carboxylic acid groups (broad SMARTS) is 1. The highest BCUT2D eigenvalue weighted by Gasteiger charge is 2.39. The predicted molar refractivity (Wildman–Crippen MR) is 98.2 cm³/mol.